The molecule has 2 aromatic rings. The number of hydrogen-bond acceptors (Lipinski definition) is 4. The van der Waals surface area contributed by atoms with Gasteiger partial charge in [-0.25, -0.2) is 5.01 Å². The first-order chi connectivity index (χ1) is 10.3. The molecule has 0 bridgehead atoms. The highest BCUT2D eigenvalue weighted by Gasteiger charge is 2.23. The maximum absolute atomic E-state index is 12.3. The molecule has 0 fully saturated rings. The molecule has 3 heterocycles. The van der Waals surface area contributed by atoms with Gasteiger partial charge >= 0.3 is 0 Å². The number of thiophene rings is 1. The molecule has 0 saturated heterocycles. The van der Waals surface area contributed by atoms with Gasteiger partial charge in [0.25, 0.3) is 5.91 Å². The van der Waals surface area contributed by atoms with Crippen molar-refractivity contribution in [2.45, 2.75) is 26.2 Å². The molecule has 0 radical (unpaired) electrons. The van der Waals surface area contributed by atoms with Gasteiger partial charge < -0.3 is 0 Å². The summed E-state index contributed by atoms with van der Waals surface area (Å²) in [6, 6.07) is 5.74. The minimum atomic E-state index is -0.0802. The summed E-state index contributed by atoms with van der Waals surface area (Å²) in [7, 11) is 0. The molecule has 21 heavy (non-hydrogen) atoms. The van der Waals surface area contributed by atoms with Crippen molar-refractivity contribution < 1.29 is 4.79 Å². The van der Waals surface area contributed by atoms with E-state index >= 15 is 0 Å². The van der Waals surface area contributed by atoms with Crippen LogP contribution in [0, 0.1) is 0 Å². The molecule has 5 heteroatoms. The maximum Gasteiger partial charge on any atom is 0.275 e. The molecule has 4 nitrogen and oxygen atoms in total. The lowest BCUT2D eigenvalue weighted by molar-refractivity contribution is 0.0778. The predicted octanol–water partition coefficient (Wildman–Crippen LogP) is 3.35. The Hall–Kier alpha value is -2.01. The highest BCUT2D eigenvalue weighted by atomic mass is 32.1. The molecule has 0 spiro atoms. The number of hydrogen-bond donors (Lipinski definition) is 0. The van der Waals surface area contributed by atoms with Gasteiger partial charge in [0.2, 0.25) is 0 Å². The van der Waals surface area contributed by atoms with E-state index in [4.69, 9.17) is 0 Å². The van der Waals surface area contributed by atoms with Crippen molar-refractivity contribution >= 4 is 23.0 Å². The Labute approximate surface area is 128 Å². The quantitative estimate of drug-likeness (QED) is 0.869. The fourth-order valence-electron chi connectivity index (χ4n) is 2.36. The van der Waals surface area contributed by atoms with E-state index in [-0.39, 0.29) is 5.91 Å². The average molecular weight is 299 g/mol. The van der Waals surface area contributed by atoms with E-state index in [0.29, 0.717) is 12.1 Å². The van der Waals surface area contributed by atoms with Crippen molar-refractivity contribution in [2.24, 2.45) is 5.10 Å². The van der Waals surface area contributed by atoms with Gasteiger partial charge in [0.05, 0.1) is 22.7 Å². The van der Waals surface area contributed by atoms with E-state index < -0.39 is 0 Å². The molecule has 0 aliphatic carbocycles. The summed E-state index contributed by atoms with van der Waals surface area (Å²) in [6.07, 6.45) is 6.31. The Bertz CT molecular complexity index is 663. The first kappa shape index (κ1) is 13.9. The van der Waals surface area contributed by atoms with Gasteiger partial charge in [0.15, 0.2) is 0 Å². The second-order valence-corrected chi connectivity index (χ2v) is 5.95. The lowest BCUT2D eigenvalue weighted by Gasteiger charge is -2.10. The predicted molar refractivity (Wildman–Crippen MR) is 84.7 cm³/mol. The number of rotatable bonds is 4. The fraction of sp³-hybridized carbons (Fsp3) is 0.312. The molecule has 0 N–H and O–H groups in total. The molecule has 0 atom stereocenters. The number of aromatic nitrogens is 1. The molecule has 3 rings (SSSR count). The zero-order chi connectivity index (χ0) is 14.7. The van der Waals surface area contributed by atoms with Crippen molar-refractivity contribution in [1.29, 1.82) is 0 Å². The van der Waals surface area contributed by atoms with Gasteiger partial charge in [-0.3, -0.25) is 9.78 Å². The second kappa shape index (κ2) is 6.18. The van der Waals surface area contributed by atoms with E-state index in [0.717, 1.165) is 25.0 Å². The lowest BCUT2D eigenvalue weighted by atomic mass is 10.1. The van der Waals surface area contributed by atoms with Crippen LogP contribution in [0.25, 0.3) is 0 Å². The minimum Gasteiger partial charge on any atom is -0.267 e. The molecule has 1 aliphatic heterocycles. The number of aryl methyl sites for hydroxylation is 1. The number of carbonyl (C=O) groups excluding carboxylic acids is 1. The van der Waals surface area contributed by atoms with Gasteiger partial charge in [-0.05, 0) is 35.6 Å². The molecule has 1 amide bonds. The van der Waals surface area contributed by atoms with E-state index in [1.165, 1.54) is 10.4 Å². The monoisotopic (exact) mass is 299 g/mol. The van der Waals surface area contributed by atoms with Crippen LogP contribution in [0.4, 0.5) is 0 Å². The summed E-state index contributed by atoms with van der Waals surface area (Å²) in [5, 5.41) is 8.23. The average Bonchev–Trinajstić information content (AvgIpc) is 3.16. The SMILES string of the molecule is CCCc1csc(C2=NN(C(=O)c3cccnc3)CC2)c1. The van der Waals surface area contributed by atoms with Gasteiger partial charge in [0, 0.05) is 18.8 Å². The van der Waals surface area contributed by atoms with Crippen molar-refractivity contribution in [1.82, 2.24) is 9.99 Å². The first-order valence-electron chi connectivity index (χ1n) is 7.15. The Morgan fingerprint density at radius 1 is 1.48 bits per heavy atom. The number of nitrogens with zero attached hydrogens (tertiary/aromatic N) is 3. The number of pyridine rings is 1. The molecular weight excluding hydrogens is 282 g/mol. The molecular formula is C16H17N3OS. The maximum atomic E-state index is 12.3. The van der Waals surface area contributed by atoms with Gasteiger partial charge in [-0.15, -0.1) is 11.3 Å². The van der Waals surface area contributed by atoms with Crippen LogP contribution in [0.3, 0.4) is 0 Å². The standard InChI is InChI=1S/C16H17N3OS/c1-2-4-12-9-15(21-11-12)14-6-8-19(18-14)16(20)13-5-3-7-17-10-13/h3,5,7,9-11H,2,4,6,8H2,1H3. The van der Waals surface area contributed by atoms with Crippen molar-refractivity contribution in [3.8, 4) is 0 Å². The highest BCUT2D eigenvalue weighted by Crippen LogP contribution is 2.22. The number of amides is 1. The van der Waals surface area contributed by atoms with Crippen LogP contribution in [0.1, 0.15) is 40.6 Å². The summed E-state index contributed by atoms with van der Waals surface area (Å²) in [4.78, 5) is 17.5. The highest BCUT2D eigenvalue weighted by molar-refractivity contribution is 7.12. The van der Waals surface area contributed by atoms with E-state index in [2.05, 4.69) is 28.5 Å². The fourth-order valence-corrected chi connectivity index (χ4v) is 3.32. The van der Waals surface area contributed by atoms with Crippen LogP contribution in [-0.2, 0) is 6.42 Å². The number of carbonyl (C=O) groups is 1. The Morgan fingerprint density at radius 2 is 2.38 bits per heavy atom. The number of hydrazone groups is 1. The third-order valence-corrected chi connectivity index (χ3v) is 4.45. The zero-order valence-corrected chi connectivity index (χ0v) is 12.8. The Balaban J connectivity index is 1.76. The van der Waals surface area contributed by atoms with Crippen LogP contribution in [0.2, 0.25) is 0 Å². The topological polar surface area (TPSA) is 45.6 Å². The molecule has 0 unspecified atom stereocenters. The second-order valence-electron chi connectivity index (χ2n) is 5.04. The molecule has 0 saturated carbocycles. The largest absolute Gasteiger partial charge is 0.275 e. The third-order valence-electron chi connectivity index (χ3n) is 3.42. The van der Waals surface area contributed by atoms with Gasteiger partial charge in [-0.1, -0.05) is 13.3 Å². The minimum absolute atomic E-state index is 0.0802. The van der Waals surface area contributed by atoms with E-state index in [1.807, 2.05) is 0 Å². The van der Waals surface area contributed by atoms with Crippen LogP contribution in [0.5, 0.6) is 0 Å². The van der Waals surface area contributed by atoms with Crippen molar-refractivity contribution in [2.75, 3.05) is 6.54 Å². The molecule has 0 aromatic carbocycles. The Morgan fingerprint density at radius 3 is 3.14 bits per heavy atom. The normalized spacial score (nSPS) is 14.3. The summed E-state index contributed by atoms with van der Waals surface area (Å²) >= 11 is 1.72. The molecule has 1 aliphatic rings. The summed E-state index contributed by atoms with van der Waals surface area (Å²) < 4.78 is 0. The van der Waals surface area contributed by atoms with Gasteiger partial charge in [0.1, 0.15) is 0 Å². The summed E-state index contributed by atoms with van der Waals surface area (Å²) in [5.74, 6) is -0.0802. The zero-order valence-electron chi connectivity index (χ0n) is 12.0. The molecule has 2 aromatic heterocycles. The van der Waals surface area contributed by atoms with Crippen LogP contribution in [-0.4, -0.2) is 28.2 Å². The van der Waals surface area contributed by atoms with Crippen LogP contribution < -0.4 is 0 Å². The smallest absolute Gasteiger partial charge is 0.267 e. The van der Waals surface area contributed by atoms with Crippen LogP contribution in [0.15, 0.2) is 41.1 Å². The van der Waals surface area contributed by atoms with Crippen molar-refractivity contribution in [3.63, 3.8) is 0 Å². The van der Waals surface area contributed by atoms with E-state index in [1.54, 1.807) is 40.9 Å². The summed E-state index contributed by atoms with van der Waals surface area (Å²) in [6.45, 7) is 2.82. The molecule has 108 valence electrons. The Kier molecular flexibility index (Phi) is 4.10. The van der Waals surface area contributed by atoms with Crippen LogP contribution >= 0.6 is 11.3 Å². The lowest BCUT2D eigenvalue weighted by Crippen LogP contribution is -2.23. The van der Waals surface area contributed by atoms with Gasteiger partial charge in [-0.2, -0.15) is 5.10 Å². The van der Waals surface area contributed by atoms with E-state index in [9.17, 15) is 4.79 Å². The first-order valence-corrected chi connectivity index (χ1v) is 8.03. The van der Waals surface area contributed by atoms with Crippen molar-refractivity contribution in [3.05, 3.63) is 52.0 Å². The third kappa shape index (κ3) is 3.03. The summed E-state index contributed by atoms with van der Waals surface area (Å²) in [5.41, 5.74) is 2.96.